The van der Waals surface area contributed by atoms with Gasteiger partial charge in [0.2, 0.25) is 0 Å². The van der Waals surface area contributed by atoms with Crippen LogP contribution in [0, 0.1) is 0 Å². The van der Waals surface area contributed by atoms with Crippen LogP contribution in [0.25, 0.3) is 0 Å². The van der Waals surface area contributed by atoms with Crippen LogP contribution in [0.3, 0.4) is 0 Å². The van der Waals surface area contributed by atoms with Gasteiger partial charge in [-0.15, -0.1) is 0 Å². The van der Waals surface area contributed by atoms with Crippen molar-refractivity contribution in [3.63, 3.8) is 0 Å². The first kappa shape index (κ1) is 12.7. The molecule has 1 aliphatic carbocycles. The van der Waals surface area contributed by atoms with Crippen LogP contribution in [0.2, 0.25) is 0 Å². The Labute approximate surface area is 103 Å². The number of hydrogen-bond donors (Lipinski definition) is 1. The fraction of sp³-hybridized carbons (Fsp3) is 1.00. The van der Waals surface area contributed by atoms with Gasteiger partial charge in [-0.3, -0.25) is 0 Å². The molecule has 0 bridgehead atoms. The molecule has 3 nitrogen and oxygen atoms in total. The maximum Gasteiger partial charge on any atom is 0.0826 e. The SMILES string of the molecule is CSC1(CNCC2CN(C)CCO2)CCC1. The smallest absolute Gasteiger partial charge is 0.0826 e. The fourth-order valence-electron chi connectivity index (χ4n) is 2.48. The maximum atomic E-state index is 5.74. The molecule has 0 aromatic rings. The molecule has 4 heteroatoms. The van der Waals surface area contributed by atoms with Crippen LogP contribution in [0.4, 0.5) is 0 Å². The van der Waals surface area contributed by atoms with Gasteiger partial charge in [0.1, 0.15) is 0 Å². The van der Waals surface area contributed by atoms with Gasteiger partial charge in [-0.25, -0.2) is 0 Å². The third-order valence-corrected chi connectivity index (χ3v) is 5.28. The van der Waals surface area contributed by atoms with Gasteiger partial charge in [0, 0.05) is 30.9 Å². The van der Waals surface area contributed by atoms with Crippen LogP contribution >= 0.6 is 11.8 Å². The molecule has 2 rings (SSSR count). The first-order valence-electron chi connectivity index (χ1n) is 6.30. The molecule has 2 fully saturated rings. The molecule has 0 aromatic carbocycles. The monoisotopic (exact) mass is 244 g/mol. The Balaban J connectivity index is 1.63. The number of nitrogens with zero attached hydrogens (tertiary/aromatic N) is 1. The molecule has 16 heavy (non-hydrogen) atoms. The fourth-order valence-corrected chi connectivity index (χ4v) is 3.42. The Hall–Kier alpha value is 0.230. The van der Waals surface area contributed by atoms with Crippen molar-refractivity contribution in [2.24, 2.45) is 0 Å². The summed E-state index contributed by atoms with van der Waals surface area (Å²) in [7, 11) is 2.17. The van der Waals surface area contributed by atoms with Gasteiger partial charge < -0.3 is 15.0 Å². The molecule has 1 unspecified atom stereocenters. The van der Waals surface area contributed by atoms with E-state index in [1.54, 1.807) is 0 Å². The highest BCUT2D eigenvalue weighted by Crippen LogP contribution is 2.42. The van der Waals surface area contributed by atoms with Gasteiger partial charge in [0.05, 0.1) is 12.7 Å². The van der Waals surface area contributed by atoms with Crippen molar-refractivity contribution >= 4 is 11.8 Å². The van der Waals surface area contributed by atoms with Crippen LogP contribution in [0.1, 0.15) is 19.3 Å². The van der Waals surface area contributed by atoms with Crippen molar-refractivity contribution in [3.05, 3.63) is 0 Å². The largest absolute Gasteiger partial charge is 0.374 e. The number of ether oxygens (including phenoxy) is 1. The highest BCUT2D eigenvalue weighted by atomic mass is 32.2. The molecule has 1 saturated heterocycles. The number of thioether (sulfide) groups is 1. The van der Waals surface area contributed by atoms with E-state index in [-0.39, 0.29) is 0 Å². The molecule has 0 spiro atoms. The lowest BCUT2D eigenvalue weighted by Crippen LogP contribution is -2.49. The Bertz CT molecular complexity index is 216. The Kier molecular flexibility index (Phi) is 4.53. The minimum Gasteiger partial charge on any atom is -0.374 e. The van der Waals surface area contributed by atoms with E-state index < -0.39 is 0 Å². The molecule has 0 radical (unpaired) electrons. The summed E-state index contributed by atoms with van der Waals surface area (Å²) >= 11 is 2.03. The minimum atomic E-state index is 0.387. The van der Waals surface area contributed by atoms with Crippen molar-refractivity contribution in [1.29, 1.82) is 0 Å². The second-order valence-electron chi connectivity index (χ2n) is 5.13. The van der Waals surface area contributed by atoms with E-state index in [4.69, 9.17) is 4.74 Å². The maximum absolute atomic E-state index is 5.74. The van der Waals surface area contributed by atoms with Gasteiger partial charge >= 0.3 is 0 Å². The first-order chi connectivity index (χ1) is 7.74. The zero-order valence-electron chi connectivity index (χ0n) is 10.5. The number of hydrogen-bond acceptors (Lipinski definition) is 4. The van der Waals surface area contributed by atoms with Crippen LogP contribution in [0.5, 0.6) is 0 Å². The average molecular weight is 244 g/mol. The molecular weight excluding hydrogens is 220 g/mol. The first-order valence-corrected chi connectivity index (χ1v) is 7.53. The summed E-state index contributed by atoms with van der Waals surface area (Å²) in [6.45, 7) is 5.19. The average Bonchev–Trinajstić information content (AvgIpc) is 2.22. The third kappa shape index (κ3) is 3.13. The highest BCUT2D eigenvalue weighted by Gasteiger charge is 2.35. The summed E-state index contributed by atoms with van der Waals surface area (Å²) in [4.78, 5) is 2.35. The van der Waals surface area contributed by atoms with E-state index in [0.717, 1.165) is 32.8 Å². The van der Waals surface area contributed by atoms with E-state index in [9.17, 15) is 0 Å². The lowest BCUT2D eigenvalue weighted by molar-refractivity contribution is -0.0184. The molecule has 2 aliphatic rings. The van der Waals surface area contributed by atoms with Crippen molar-refractivity contribution in [3.8, 4) is 0 Å². The second kappa shape index (κ2) is 5.71. The zero-order chi connectivity index (χ0) is 11.4. The lowest BCUT2D eigenvalue weighted by Gasteiger charge is -2.41. The molecule has 1 heterocycles. The van der Waals surface area contributed by atoms with E-state index in [1.807, 2.05) is 11.8 Å². The van der Waals surface area contributed by atoms with Gasteiger partial charge in [0.15, 0.2) is 0 Å². The normalized spacial score (nSPS) is 30.0. The summed E-state index contributed by atoms with van der Waals surface area (Å²) in [6, 6.07) is 0. The van der Waals surface area contributed by atoms with Gasteiger partial charge in [-0.2, -0.15) is 11.8 Å². The lowest BCUT2D eigenvalue weighted by atomic mass is 9.84. The summed E-state index contributed by atoms with van der Waals surface area (Å²) in [5.41, 5.74) is 0. The second-order valence-corrected chi connectivity index (χ2v) is 6.40. The Morgan fingerprint density at radius 2 is 2.31 bits per heavy atom. The minimum absolute atomic E-state index is 0.387. The van der Waals surface area contributed by atoms with Crippen LogP contribution < -0.4 is 5.32 Å². The molecular formula is C12H24N2OS. The summed E-state index contributed by atoms with van der Waals surface area (Å²) in [5.74, 6) is 0. The number of nitrogens with one attached hydrogen (secondary N) is 1. The molecule has 0 amide bonds. The van der Waals surface area contributed by atoms with Crippen LogP contribution in [-0.2, 0) is 4.74 Å². The third-order valence-electron chi connectivity index (χ3n) is 3.86. The molecule has 1 atom stereocenters. The molecule has 1 N–H and O–H groups in total. The van der Waals surface area contributed by atoms with Crippen molar-refractivity contribution in [2.45, 2.75) is 30.1 Å². The van der Waals surface area contributed by atoms with Crippen LogP contribution in [-0.4, -0.2) is 61.8 Å². The van der Waals surface area contributed by atoms with E-state index in [0.29, 0.717) is 10.9 Å². The Morgan fingerprint density at radius 3 is 2.88 bits per heavy atom. The standard InChI is InChI=1S/C12H24N2OS/c1-14-6-7-15-11(9-14)8-13-10-12(16-2)4-3-5-12/h11,13H,3-10H2,1-2H3. The Morgan fingerprint density at radius 1 is 1.50 bits per heavy atom. The molecule has 0 aromatic heterocycles. The summed E-state index contributed by atoms with van der Waals surface area (Å²) in [5, 5.41) is 3.60. The van der Waals surface area contributed by atoms with E-state index in [2.05, 4.69) is 23.5 Å². The van der Waals surface area contributed by atoms with Gasteiger partial charge in [-0.1, -0.05) is 6.42 Å². The molecule has 94 valence electrons. The number of likely N-dealkylation sites (N-methyl/N-ethyl adjacent to an activating group) is 1. The highest BCUT2D eigenvalue weighted by molar-refractivity contribution is 8.00. The topological polar surface area (TPSA) is 24.5 Å². The molecule has 1 saturated carbocycles. The quantitative estimate of drug-likeness (QED) is 0.785. The zero-order valence-corrected chi connectivity index (χ0v) is 11.3. The van der Waals surface area contributed by atoms with Gasteiger partial charge in [0.25, 0.3) is 0 Å². The number of rotatable bonds is 5. The molecule has 1 aliphatic heterocycles. The van der Waals surface area contributed by atoms with Gasteiger partial charge in [-0.05, 0) is 26.1 Å². The predicted molar refractivity (Wildman–Crippen MR) is 70.2 cm³/mol. The predicted octanol–water partition coefficient (Wildman–Crippen LogP) is 1.19. The van der Waals surface area contributed by atoms with E-state index >= 15 is 0 Å². The summed E-state index contributed by atoms with van der Waals surface area (Å²) < 4.78 is 6.28. The van der Waals surface area contributed by atoms with E-state index in [1.165, 1.54) is 19.3 Å². The van der Waals surface area contributed by atoms with Crippen molar-refractivity contribution in [2.75, 3.05) is 46.1 Å². The van der Waals surface area contributed by atoms with Crippen molar-refractivity contribution < 1.29 is 4.74 Å². The number of morpholine rings is 1. The van der Waals surface area contributed by atoms with Crippen molar-refractivity contribution in [1.82, 2.24) is 10.2 Å². The summed E-state index contributed by atoms with van der Waals surface area (Å²) in [6.07, 6.45) is 6.80. The van der Waals surface area contributed by atoms with Crippen LogP contribution in [0.15, 0.2) is 0 Å².